The molecular formula is C17H22N4O2. The van der Waals surface area contributed by atoms with Gasteiger partial charge in [-0.2, -0.15) is 5.10 Å². The van der Waals surface area contributed by atoms with E-state index >= 15 is 0 Å². The van der Waals surface area contributed by atoms with E-state index in [0.717, 1.165) is 37.6 Å². The number of benzene rings is 1. The van der Waals surface area contributed by atoms with E-state index in [9.17, 15) is 4.79 Å². The summed E-state index contributed by atoms with van der Waals surface area (Å²) in [6.07, 6.45) is 0. The van der Waals surface area contributed by atoms with Gasteiger partial charge in [0.05, 0.1) is 18.9 Å². The van der Waals surface area contributed by atoms with Gasteiger partial charge in [0.15, 0.2) is 0 Å². The Hall–Kier alpha value is -2.18. The van der Waals surface area contributed by atoms with Crippen LogP contribution < -0.4 is 5.32 Å². The highest BCUT2D eigenvalue weighted by molar-refractivity contribution is 5.93. The summed E-state index contributed by atoms with van der Waals surface area (Å²) in [7, 11) is 0. The number of ether oxygens (including phenoxy) is 1. The van der Waals surface area contributed by atoms with Crippen molar-refractivity contribution in [3.05, 3.63) is 42.1 Å². The van der Waals surface area contributed by atoms with Crippen molar-refractivity contribution in [3.63, 3.8) is 0 Å². The molecule has 1 fully saturated rings. The Morgan fingerprint density at radius 2 is 2.09 bits per heavy atom. The first-order valence-electron chi connectivity index (χ1n) is 7.95. The molecule has 1 aromatic heterocycles. The summed E-state index contributed by atoms with van der Waals surface area (Å²) in [6, 6.07) is 11.9. The predicted octanol–water partition coefficient (Wildman–Crippen LogP) is 1.53. The fraction of sp³-hybridized carbons (Fsp3) is 0.412. The number of aromatic amines is 1. The first kappa shape index (κ1) is 15.7. The summed E-state index contributed by atoms with van der Waals surface area (Å²) in [5.74, 6) is -0.125. The molecule has 1 atom stereocenters. The molecule has 23 heavy (non-hydrogen) atoms. The van der Waals surface area contributed by atoms with E-state index in [4.69, 9.17) is 4.74 Å². The quantitative estimate of drug-likeness (QED) is 0.878. The number of nitrogens with zero attached hydrogens (tertiary/aromatic N) is 2. The zero-order valence-electron chi connectivity index (χ0n) is 13.3. The predicted molar refractivity (Wildman–Crippen MR) is 88.2 cm³/mol. The molecule has 1 amide bonds. The molecule has 0 radical (unpaired) electrons. The summed E-state index contributed by atoms with van der Waals surface area (Å²) in [5, 5.41) is 9.99. The molecule has 1 aliphatic rings. The van der Waals surface area contributed by atoms with Crippen molar-refractivity contribution in [1.82, 2.24) is 20.4 Å². The summed E-state index contributed by atoms with van der Waals surface area (Å²) < 4.78 is 5.35. The second kappa shape index (κ2) is 7.39. The van der Waals surface area contributed by atoms with E-state index in [2.05, 4.69) is 27.3 Å². The molecule has 6 heteroatoms. The summed E-state index contributed by atoms with van der Waals surface area (Å²) >= 11 is 0. The normalized spacial score (nSPS) is 16.9. The SMILES string of the molecule is C[C@@H](CNC(=O)c1cc(-c2ccccc2)n[nH]1)N1CCOCC1. The lowest BCUT2D eigenvalue weighted by atomic mass is 10.1. The van der Waals surface area contributed by atoms with Gasteiger partial charge in [-0.05, 0) is 13.0 Å². The minimum atomic E-state index is -0.125. The topological polar surface area (TPSA) is 70.2 Å². The van der Waals surface area contributed by atoms with Gasteiger partial charge < -0.3 is 10.1 Å². The number of hydrogen-bond donors (Lipinski definition) is 2. The van der Waals surface area contributed by atoms with Gasteiger partial charge in [0.2, 0.25) is 0 Å². The smallest absolute Gasteiger partial charge is 0.269 e. The van der Waals surface area contributed by atoms with Crippen LogP contribution in [-0.4, -0.2) is 59.9 Å². The number of hydrogen-bond acceptors (Lipinski definition) is 4. The van der Waals surface area contributed by atoms with Crippen LogP contribution in [0.4, 0.5) is 0 Å². The lowest BCUT2D eigenvalue weighted by Gasteiger charge is -2.32. The van der Waals surface area contributed by atoms with Crippen LogP contribution in [0.1, 0.15) is 17.4 Å². The summed E-state index contributed by atoms with van der Waals surface area (Å²) in [4.78, 5) is 14.6. The monoisotopic (exact) mass is 314 g/mol. The van der Waals surface area contributed by atoms with Gasteiger partial charge in [-0.15, -0.1) is 0 Å². The molecule has 1 aliphatic heterocycles. The van der Waals surface area contributed by atoms with Crippen LogP contribution in [0.5, 0.6) is 0 Å². The van der Waals surface area contributed by atoms with E-state index in [0.29, 0.717) is 18.3 Å². The molecule has 6 nitrogen and oxygen atoms in total. The Labute approximate surface area is 135 Å². The lowest BCUT2D eigenvalue weighted by molar-refractivity contribution is 0.0204. The average Bonchev–Trinajstić information content (AvgIpc) is 3.11. The number of morpholine rings is 1. The Balaban J connectivity index is 1.55. The molecule has 2 N–H and O–H groups in total. The maximum absolute atomic E-state index is 12.3. The van der Waals surface area contributed by atoms with E-state index < -0.39 is 0 Å². The minimum Gasteiger partial charge on any atom is -0.379 e. The van der Waals surface area contributed by atoms with Gasteiger partial charge in [0, 0.05) is 31.2 Å². The third-order valence-electron chi connectivity index (χ3n) is 4.12. The van der Waals surface area contributed by atoms with Crippen molar-refractivity contribution in [2.45, 2.75) is 13.0 Å². The van der Waals surface area contributed by atoms with Crippen LogP contribution >= 0.6 is 0 Å². The number of H-pyrrole nitrogens is 1. The molecule has 1 aromatic carbocycles. The second-order valence-corrected chi connectivity index (χ2v) is 5.74. The van der Waals surface area contributed by atoms with E-state index in [1.807, 2.05) is 30.3 Å². The Morgan fingerprint density at radius 3 is 2.83 bits per heavy atom. The first-order valence-corrected chi connectivity index (χ1v) is 7.95. The molecule has 0 aliphatic carbocycles. The zero-order valence-corrected chi connectivity index (χ0v) is 13.3. The molecule has 0 spiro atoms. The van der Waals surface area contributed by atoms with E-state index in [-0.39, 0.29) is 5.91 Å². The number of amides is 1. The van der Waals surface area contributed by atoms with Crippen LogP contribution in [0.3, 0.4) is 0 Å². The zero-order chi connectivity index (χ0) is 16.1. The van der Waals surface area contributed by atoms with Crippen LogP contribution in [-0.2, 0) is 4.74 Å². The van der Waals surface area contributed by atoms with Crippen molar-refractivity contribution < 1.29 is 9.53 Å². The Bertz CT molecular complexity index is 635. The Kier molecular flexibility index (Phi) is 5.05. The second-order valence-electron chi connectivity index (χ2n) is 5.74. The molecule has 2 aromatic rings. The van der Waals surface area contributed by atoms with Crippen molar-refractivity contribution in [2.24, 2.45) is 0 Å². The molecule has 0 saturated carbocycles. The van der Waals surface area contributed by atoms with E-state index in [1.54, 1.807) is 6.07 Å². The highest BCUT2D eigenvalue weighted by Crippen LogP contribution is 2.16. The fourth-order valence-electron chi connectivity index (χ4n) is 2.68. The molecule has 122 valence electrons. The van der Waals surface area contributed by atoms with E-state index in [1.165, 1.54) is 0 Å². The number of carbonyl (C=O) groups excluding carboxylic acids is 1. The number of carbonyl (C=O) groups is 1. The van der Waals surface area contributed by atoms with Gasteiger partial charge >= 0.3 is 0 Å². The lowest BCUT2D eigenvalue weighted by Crippen LogP contribution is -2.47. The molecule has 1 saturated heterocycles. The molecule has 2 heterocycles. The number of aromatic nitrogens is 2. The van der Waals surface area contributed by atoms with Crippen molar-refractivity contribution in [1.29, 1.82) is 0 Å². The van der Waals surface area contributed by atoms with Gasteiger partial charge in [-0.3, -0.25) is 14.8 Å². The maximum atomic E-state index is 12.3. The van der Waals surface area contributed by atoms with Gasteiger partial charge in [-0.25, -0.2) is 0 Å². The average molecular weight is 314 g/mol. The van der Waals surface area contributed by atoms with Gasteiger partial charge in [-0.1, -0.05) is 30.3 Å². The highest BCUT2D eigenvalue weighted by atomic mass is 16.5. The fourth-order valence-corrected chi connectivity index (χ4v) is 2.68. The van der Waals surface area contributed by atoms with Crippen LogP contribution in [0.2, 0.25) is 0 Å². The molecule has 3 rings (SSSR count). The highest BCUT2D eigenvalue weighted by Gasteiger charge is 2.18. The molecule has 0 bridgehead atoms. The standard InChI is InChI=1S/C17H22N4O2/c1-13(21-7-9-23-10-8-21)12-18-17(22)16-11-15(19-20-16)14-5-3-2-4-6-14/h2-6,11,13H,7-10,12H2,1H3,(H,18,22)(H,19,20)/t13-/m0/s1. The third-order valence-corrected chi connectivity index (χ3v) is 4.12. The van der Waals surface area contributed by atoms with Gasteiger partial charge in [0.1, 0.15) is 5.69 Å². The van der Waals surface area contributed by atoms with Crippen LogP contribution in [0, 0.1) is 0 Å². The van der Waals surface area contributed by atoms with Crippen molar-refractivity contribution in [2.75, 3.05) is 32.8 Å². The third kappa shape index (κ3) is 3.97. The molecular weight excluding hydrogens is 292 g/mol. The van der Waals surface area contributed by atoms with Crippen LogP contribution in [0.25, 0.3) is 11.3 Å². The van der Waals surface area contributed by atoms with Crippen molar-refractivity contribution >= 4 is 5.91 Å². The minimum absolute atomic E-state index is 0.125. The molecule has 0 unspecified atom stereocenters. The first-order chi connectivity index (χ1) is 11.2. The largest absolute Gasteiger partial charge is 0.379 e. The van der Waals surface area contributed by atoms with Crippen LogP contribution in [0.15, 0.2) is 36.4 Å². The summed E-state index contributed by atoms with van der Waals surface area (Å²) in [5.41, 5.74) is 2.25. The number of nitrogens with one attached hydrogen (secondary N) is 2. The number of rotatable bonds is 5. The Morgan fingerprint density at radius 1 is 1.35 bits per heavy atom. The maximum Gasteiger partial charge on any atom is 0.269 e. The van der Waals surface area contributed by atoms with Gasteiger partial charge in [0.25, 0.3) is 5.91 Å². The van der Waals surface area contributed by atoms with Crippen molar-refractivity contribution in [3.8, 4) is 11.3 Å². The summed E-state index contributed by atoms with van der Waals surface area (Å²) in [6.45, 7) is 6.09.